The van der Waals surface area contributed by atoms with E-state index in [0.717, 1.165) is 70.6 Å². The molecule has 1 saturated heterocycles. The minimum atomic E-state index is -0.0528. The van der Waals surface area contributed by atoms with Gasteiger partial charge in [0.25, 0.3) is 0 Å². The van der Waals surface area contributed by atoms with Gasteiger partial charge in [0.05, 0.1) is 19.8 Å². The molecule has 3 N–H and O–H groups in total. The maximum Gasteiger partial charge on any atom is 0.221 e. The van der Waals surface area contributed by atoms with Crippen LogP contribution in [0, 0.1) is 0 Å². The third-order valence-electron chi connectivity index (χ3n) is 4.11. The Labute approximate surface area is 179 Å². The van der Waals surface area contributed by atoms with Gasteiger partial charge in [-0.1, -0.05) is 12.1 Å². The Balaban J connectivity index is 0.00000364. The topological polar surface area (TPSA) is 78.0 Å². The van der Waals surface area contributed by atoms with Gasteiger partial charge in [0.15, 0.2) is 5.96 Å². The summed E-state index contributed by atoms with van der Waals surface area (Å²) in [5.74, 6) is 0.804. The molecule has 8 heteroatoms. The Kier molecular flexibility index (Phi) is 12.0. The van der Waals surface area contributed by atoms with Gasteiger partial charge >= 0.3 is 0 Å². The standard InChI is InChI=1S/C19H31N5O2.HI/c1-3-20-19(22-10-11-24-12-14-26-15-13-24)21-9-8-17-4-6-18(7-5-17)23-16(2)25;/h4-7H,3,8-15H2,1-2H3,(H,23,25)(H2,20,21,22);1H. The maximum absolute atomic E-state index is 11.0. The molecule has 0 bridgehead atoms. The number of nitrogens with zero attached hydrogens (tertiary/aromatic N) is 2. The van der Waals surface area contributed by atoms with E-state index in [9.17, 15) is 4.79 Å². The number of morpholine rings is 1. The Morgan fingerprint density at radius 1 is 1.19 bits per heavy atom. The van der Waals surface area contributed by atoms with E-state index >= 15 is 0 Å². The first-order valence-electron chi connectivity index (χ1n) is 9.36. The van der Waals surface area contributed by atoms with Crippen LogP contribution in [0.3, 0.4) is 0 Å². The molecule has 1 heterocycles. The summed E-state index contributed by atoms with van der Waals surface area (Å²) >= 11 is 0. The second-order valence-corrected chi connectivity index (χ2v) is 6.27. The van der Waals surface area contributed by atoms with Crippen molar-refractivity contribution in [1.29, 1.82) is 0 Å². The Morgan fingerprint density at radius 3 is 2.52 bits per heavy atom. The Bertz CT molecular complexity index is 574. The van der Waals surface area contributed by atoms with Crippen molar-refractivity contribution in [2.45, 2.75) is 20.3 Å². The summed E-state index contributed by atoms with van der Waals surface area (Å²) in [5, 5.41) is 9.44. The van der Waals surface area contributed by atoms with Gasteiger partial charge in [-0.15, -0.1) is 24.0 Å². The van der Waals surface area contributed by atoms with Crippen molar-refractivity contribution in [3.63, 3.8) is 0 Å². The molecular formula is C19H32IN5O2. The number of anilines is 1. The summed E-state index contributed by atoms with van der Waals surface area (Å²) in [4.78, 5) is 18.1. The highest BCUT2D eigenvalue weighted by molar-refractivity contribution is 14.0. The van der Waals surface area contributed by atoms with Gasteiger partial charge in [0.2, 0.25) is 5.91 Å². The van der Waals surface area contributed by atoms with Crippen LogP contribution in [0.4, 0.5) is 5.69 Å². The zero-order valence-electron chi connectivity index (χ0n) is 16.3. The number of nitrogens with one attached hydrogen (secondary N) is 3. The van der Waals surface area contributed by atoms with Gasteiger partial charge in [-0.3, -0.25) is 14.7 Å². The molecule has 1 fully saturated rings. The number of rotatable bonds is 8. The lowest BCUT2D eigenvalue weighted by Crippen LogP contribution is -2.40. The summed E-state index contributed by atoms with van der Waals surface area (Å²) in [7, 11) is 0. The molecule has 1 aliphatic rings. The lowest BCUT2D eigenvalue weighted by Gasteiger charge is -2.25. The number of amides is 1. The van der Waals surface area contributed by atoms with Crippen molar-refractivity contribution < 1.29 is 9.53 Å². The van der Waals surface area contributed by atoms with Gasteiger partial charge in [-0.05, 0) is 31.0 Å². The molecule has 27 heavy (non-hydrogen) atoms. The summed E-state index contributed by atoms with van der Waals surface area (Å²) in [6, 6.07) is 7.93. The zero-order chi connectivity index (χ0) is 18.6. The first kappa shape index (κ1) is 23.6. The van der Waals surface area contributed by atoms with Crippen LogP contribution < -0.4 is 16.0 Å². The molecule has 0 atom stereocenters. The lowest BCUT2D eigenvalue weighted by molar-refractivity contribution is -0.114. The van der Waals surface area contributed by atoms with Crippen LogP contribution >= 0.6 is 24.0 Å². The molecular weight excluding hydrogens is 457 g/mol. The number of carbonyl (C=O) groups excluding carboxylic acids is 1. The number of aliphatic imine (C=N–C) groups is 1. The fourth-order valence-corrected chi connectivity index (χ4v) is 2.75. The number of hydrogen-bond donors (Lipinski definition) is 3. The smallest absolute Gasteiger partial charge is 0.221 e. The highest BCUT2D eigenvalue weighted by atomic mass is 127. The second kappa shape index (κ2) is 13.7. The average molecular weight is 489 g/mol. The highest BCUT2D eigenvalue weighted by Crippen LogP contribution is 2.09. The molecule has 152 valence electrons. The Hall–Kier alpha value is -1.39. The van der Waals surface area contributed by atoms with Crippen LogP contribution in [0.5, 0.6) is 0 Å². The van der Waals surface area contributed by atoms with Crippen molar-refractivity contribution >= 4 is 41.5 Å². The van der Waals surface area contributed by atoms with Gasteiger partial charge in [0, 0.05) is 45.3 Å². The van der Waals surface area contributed by atoms with Crippen molar-refractivity contribution in [2.75, 3.05) is 57.8 Å². The predicted molar refractivity (Wildman–Crippen MR) is 121 cm³/mol. The molecule has 0 radical (unpaired) electrons. The van der Waals surface area contributed by atoms with Crippen LogP contribution in [-0.2, 0) is 16.0 Å². The van der Waals surface area contributed by atoms with E-state index in [-0.39, 0.29) is 29.9 Å². The minimum Gasteiger partial charge on any atom is -0.379 e. The summed E-state index contributed by atoms with van der Waals surface area (Å²) in [6.45, 7) is 10.6. The highest BCUT2D eigenvalue weighted by Gasteiger charge is 2.09. The Morgan fingerprint density at radius 2 is 1.89 bits per heavy atom. The van der Waals surface area contributed by atoms with Gasteiger partial charge < -0.3 is 20.7 Å². The first-order valence-corrected chi connectivity index (χ1v) is 9.36. The molecule has 7 nitrogen and oxygen atoms in total. The predicted octanol–water partition coefficient (Wildman–Crippen LogP) is 1.69. The van der Waals surface area contributed by atoms with E-state index < -0.39 is 0 Å². The van der Waals surface area contributed by atoms with Crippen LogP contribution in [0.25, 0.3) is 0 Å². The van der Waals surface area contributed by atoms with E-state index in [1.54, 1.807) is 0 Å². The lowest BCUT2D eigenvalue weighted by atomic mass is 10.1. The van der Waals surface area contributed by atoms with Crippen LogP contribution in [0.1, 0.15) is 19.4 Å². The number of hydrogen-bond acceptors (Lipinski definition) is 4. The van der Waals surface area contributed by atoms with Gasteiger partial charge in [0.1, 0.15) is 0 Å². The summed E-state index contributed by atoms with van der Waals surface area (Å²) in [5.41, 5.74) is 2.04. The fraction of sp³-hybridized carbons (Fsp3) is 0.579. The number of ether oxygens (including phenoxy) is 1. The molecule has 0 spiro atoms. The number of benzene rings is 1. The quantitative estimate of drug-likeness (QED) is 0.295. The molecule has 1 amide bonds. The van der Waals surface area contributed by atoms with Crippen LogP contribution in [-0.4, -0.2) is 69.2 Å². The number of carbonyl (C=O) groups is 1. The molecule has 1 aromatic rings. The van der Waals surface area contributed by atoms with E-state index in [0.29, 0.717) is 0 Å². The zero-order valence-corrected chi connectivity index (χ0v) is 18.6. The molecule has 1 aliphatic heterocycles. The first-order chi connectivity index (χ1) is 12.7. The van der Waals surface area contributed by atoms with Gasteiger partial charge in [-0.25, -0.2) is 0 Å². The molecule has 0 unspecified atom stereocenters. The van der Waals surface area contributed by atoms with Crippen molar-refractivity contribution in [3.05, 3.63) is 29.8 Å². The van der Waals surface area contributed by atoms with Crippen molar-refractivity contribution in [3.8, 4) is 0 Å². The van der Waals surface area contributed by atoms with Crippen molar-refractivity contribution in [1.82, 2.24) is 15.5 Å². The second-order valence-electron chi connectivity index (χ2n) is 6.27. The summed E-state index contributed by atoms with van der Waals surface area (Å²) in [6.07, 6.45) is 0.897. The third kappa shape index (κ3) is 9.92. The molecule has 0 aliphatic carbocycles. The van der Waals surface area contributed by atoms with E-state index in [1.807, 2.05) is 24.3 Å². The van der Waals surface area contributed by atoms with Crippen LogP contribution in [0.15, 0.2) is 29.3 Å². The molecule has 0 saturated carbocycles. The number of halogens is 1. The fourth-order valence-electron chi connectivity index (χ4n) is 2.75. The minimum absolute atomic E-state index is 0. The maximum atomic E-state index is 11.0. The van der Waals surface area contributed by atoms with Crippen LogP contribution in [0.2, 0.25) is 0 Å². The average Bonchev–Trinajstić information content (AvgIpc) is 2.63. The van der Waals surface area contributed by atoms with Gasteiger partial charge in [-0.2, -0.15) is 0 Å². The largest absolute Gasteiger partial charge is 0.379 e. The molecule has 2 rings (SSSR count). The van der Waals surface area contributed by atoms with E-state index in [1.165, 1.54) is 12.5 Å². The molecule has 1 aromatic carbocycles. The normalized spacial score (nSPS) is 15.0. The molecule has 0 aromatic heterocycles. The van der Waals surface area contributed by atoms with E-state index in [4.69, 9.17) is 4.74 Å². The SMILES string of the molecule is CCNC(=NCCN1CCOCC1)NCCc1ccc(NC(C)=O)cc1.I. The third-order valence-corrected chi connectivity index (χ3v) is 4.11. The van der Waals surface area contributed by atoms with Crippen molar-refractivity contribution in [2.24, 2.45) is 4.99 Å². The van der Waals surface area contributed by atoms with E-state index in [2.05, 4.69) is 32.8 Å². The monoisotopic (exact) mass is 489 g/mol. The summed E-state index contributed by atoms with van der Waals surface area (Å²) < 4.78 is 5.36. The number of guanidine groups is 1.